The van der Waals surface area contributed by atoms with E-state index in [0.29, 0.717) is 12.0 Å². The number of anilines is 2. The Morgan fingerprint density at radius 2 is 1.73 bits per heavy atom. The van der Waals surface area contributed by atoms with Crippen molar-refractivity contribution in [1.82, 2.24) is 4.98 Å². The fourth-order valence-electron chi connectivity index (χ4n) is 3.02. The molecule has 2 N–H and O–H groups in total. The van der Waals surface area contributed by atoms with Crippen LogP contribution < -0.4 is 10.6 Å². The van der Waals surface area contributed by atoms with Crippen molar-refractivity contribution in [1.29, 1.82) is 0 Å². The zero-order valence-corrected chi connectivity index (χ0v) is 14.0. The average Bonchev–Trinajstić information content (AvgIpc) is 3.03. The summed E-state index contributed by atoms with van der Waals surface area (Å²) in [5.41, 5.74) is 5.28. The Hall–Kier alpha value is -3.47. The van der Waals surface area contributed by atoms with Gasteiger partial charge in [0.15, 0.2) is 0 Å². The van der Waals surface area contributed by atoms with Gasteiger partial charge in [0.2, 0.25) is 5.91 Å². The number of amides is 2. The predicted molar refractivity (Wildman–Crippen MR) is 100 cm³/mol. The van der Waals surface area contributed by atoms with Crippen LogP contribution in [0.3, 0.4) is 0 Å². The van der Waals surface area contributed by atoms with Crippen LogP contribution >= 0.6 is 0 Å². The van der Waals surface area contributed by atoms with Crippen LogP contribution in [-0.2, 0) is 17.6 Å². The number of carbonyl (C=O) groups is 2. The van der Waals surface area contributed by atoms with Gasteiger partial charge in [-0.15, -0.1) is 0 Å². The molecule has 3 aromatic rings. The van der Waals surface area contributed by atoms with E-state index >= 15 is 0 Å². The molecule has 1 aromatic heterocycles. The molecule has 0 radical (unpaired) electrons. The van der Waals surface area contributed by atoms with Gasteiger partial charge < -0.3 is 10.6 Å². The summed E-state index contributed by atoms with van der Waals surface area (Å²) in [5.74, 6) is -0.226. The standard InChI is InChI=1S/C21H17N3O2/c25-20-13-17-12-16(3-6-19(17)24-20)21(26)23-18-4-1-14(2-5-18)11-15-7-9-22-10-8-15/h1-10,12H,11,13H2,(H,23,26)(H,24,25). The third kappa shape index (κ3) is 3.47. The van der Waals surface area contributed by atoms with E-state index < -0.39 is 0 Å². The summed E-state index contributed by atoms with van der Waals surface area (Å²) in [6.45, 7) is 0. The summed E-state index contributed by atoms with van der Waals surface area (Å²) >= 11 is 0. The lowest BCUT2D eigenvalue weighted by Gasteiger charge is -2.08. The monoisotopic (exact) mass is 343 g/mol. The molecule has 0 saturated carbocycles. The van der Waals surface area contributed by atoms with Crippen molar-refractivity contribution in [3.8, 4) is 0 Å². The van der Waals surface area contributed by atoms with Crippen LogP contribution in [-0.4, -0.2) is 16.8 Å². The van der Waals surface area contributed by atoms with Gasteiger partial charge >= 0.3 is 0 Å². The number of hydrogen-bond acceptors (Lipinski definition) is 3. The fraction of sp³-hybridized carbons (Fsp3) is 0.0952. The van der Waals surface area contributed by atoms with Gasteiger partial charge in [-0.25, -0.2) is 0 Å². The molecule has 0 saturated heterocycles. The first-order valence-electron chi connectivity index (χ1n) is 8.39. The smallest absolute Gasteiger partial charge is 0.255 e. The molecule has 5 nitrogen and oxygen atoms in total. The normalized spacial score (nSPS) is 12.4. The van der Waals surface area contributed by atoms with Crippen molar-refractivity contribution >= 4 is 23.2 Å². The third-order valence-corrected chi connectivity index (χ3v) is 4.36. The topological polar surface area (TPSA) is 71.1 Å². The molecule has 1 aliphatic rings. The van der Waals surface area contributed by atoms with Gasteiger partial charge in [-0.1, -0.05) is 12.1 Å². The first-order chi connectivity index (χ1) is 12.7. The van der Waals surface area contributed by atoms with Crippen molar-refractivity contribution in [2.45, 2.75) is 12.8 Å². The van der Waals surface area contributed by atoms with Gasteiger partial charge in [0.25, 0.3) is 5.91 Å². The van der Waals surface area contributed by atoms with Crippen LogP contribution in [0.25, 0.3) is 0 Å². The second-order valence-corrected chi connectivity index (χ2v) is 6.28. The zero-order chi connectivity index (χ0) is 17.9. The van der Waals surface area contributed by atoms with Crippen LogP contribution in [0, 0.1) is 0 Å². The molecule has 0 fully saturated rings. The first kappa shape index (κ1) is 16.0. The van der Waals surface area contributed by atoms with E-state index in [1.807, 2.05) is 36.4 Å². The largest absolute Gasteiger partial charge is 0.326 e. The highest BCUT2D eigenvalue weighted by molar-refractivity contribution is 6.06. The number of nitrogens with one attached hydrogen (secondary N) is 2. The van der Waals surface area contributed by atoms with Crippen LogP contribution in [0.2, 0.25) is 0 Å². The summed E-state index contributed by atoms with van der Waals surface area (Å²) < 4.78 is 0. The van der Waals surface area contributed by atoms with E-state index in [4.69, 9.17) is 0 Å². The molecular formula is C21H17N3O2. The Bertz CT molecular complexity index is 966. The summed E-state index contributed by atoms with van der Waals surface area (Å²) in [5, 5.41) is 5.66. The lowest BCUT2D eigenvalue weighted by Crippen LogP contribution is -2.12. The minimum absolute atomic E-state index is 0.0395. The van der Waals surface area contributed by atoms with Crippen molar-refractivity contribution in [3.05, 3.63) is 89.2 Å². The van der Waals surface area contributed by atoms with Crippen molar-refractivity contribution in [2.24, 2.45) is 0 Å². The summed E-state index contributed by atoms with van der Waals surface area (Å²) in [4.78, 5) is 27.9. The highest BCUT2D eigenvalue weighted by Gasteiger charge is 2.19. The van der Waals surface area contributed by atoms with Crippen molar-refractivity contribution < 1.29 is 9.59 Å². The second kappa shape index (κ2) is 6.80. The molecule has 0 spiro atoms. The van der Waals surface area contributed by atoms with Crippen LogP contribution in [0.1, 0.15) is 27.0 Å². The maximum absolute atomic E-state index is 12.4. The molecule has 2 amide bonds. The lowest BCUT2D eigenvalue weighted by atomic mass is 10.1. The summed E-state index contributed by atoms with van der Waals surface area (Å²) in [6.07, 6.45) is 4.70. The fourth-order valence-corrected chi connectivity index (χ4v) is 3.02. The Balaban J connectivity index is 1.43. The van der Waals surface area contributed by atoms with Gasteiger partial charge in [0.1, 0.15) is 0 Å². The second-order valence-electron chi connectivity index (χ2n) is 6.28. The molecule has 5 heteroatoms. The average molecular weight is 343 g/mol. The molecule has 128 valence electrons. The van der Waals surface area contributed by atoms with E-state index in [2.05, 4.69) is 15.6 Å². The first-order valence-corrected chi connectivity index (χ1v) is 8.39. The van der Waals surface area contributed by atoms with E-state index in [0.717, 1.165) is 28.9 Å². The summed E-state index contributed by atoms with van der Waals surface area (Å²) in [7, 11) is 0. The van der Waals surface area contributed by atoms with E-state index in [9.17, 15) is 9.59 Å². The molecule has 0 bridgehead atoms. The van der Waals surface area contributed by atoms with E-state index in [-0.39, 0.29) is 11.8 Å². The molecule has 1 aliphatic heterocycles. The maximum atomic E-state index is 12.4. The third-order valence-electron chi connectivity index (χ3n) is 4.36. The van der Waals surface area contributed by atoms with Crippen LogP contribution in [0.4, 0.5) is 11.4 Å². The van der Waals surface area contributed by atoms with E-state index in [1.54, 1.807) is 30.6 Å². The Kier molecular flexibility index (Phi) is 4.19. The van der Waals surface area contributed by atoms with Crippen LogP contribution in [0.5, 0.6) is 0 Å². The molecule has 0 aliphatic carbocycles. The maximum Gasteiger partial charge on any atom is 0.255 e. The Labute approximate surface area is 151 Å². The number of carbonyl (C=O) groups excluding carboxylic acids is 2. The number of pyridine rings is 1. The number of nitrogens with zero attached hydrogens (tertiary/aromatic N) is 1. The zero-order valence-electron chi connectivity index (χ0n) is 14.0. The van der Waals surface area contributed by atoms with Gasteiger partial charge in [-0.2, -0.15) is 0 Å². The van der Waals surface area contributed by atoms with Gasteiger partial charge in [-0.05, 0) is 65.6 Å². The lowest BCUT2D eigenvalue weighted by molar-refractivity contribution is -0.115. The highest BCUT2D eigenvalue weighted by Crippen LogP contribution is 2.24. The molecule has 4 rings (SSSR count). The Morgan fingerprint density at radius 3 is 2.50 bits per heavy atom. The van der Waals surface area contributed by atoms with Crippen molar-refractivity contribution in [2.75, 3.05) is 10.6 Å². The highest BCUT2D eigenvalue weighted by atomic mass is 16.2. The van der Waals surface area contributed by atoms with Gasteiger partial charge in [0, 0.05) is 29.3 Å². The molecule has 2 aromatic carbocycles. The number of benzene rings is 2. The molecule has 2 heterocycles. The SMILES string of the molecule is O=C1Cc2cc(C(=O)Nc3ccc(Cc4ccncc4)cc3)ccc2N1. The predicted octanol–water partition coefficient (Wildman–Crippen LogP) is 3.42. The number of rotatable bonds is 4. The number of fused-ring (bicyclic) bond motifs is 1. The summed E-state index contributed by atoms with van der Waals surface area (Å²) in [6, 6.07) is 17.0. The van der Waals surface area contributed by atoms with Gasteiger partial charge in [0.05, 0.1) is 6.42 Å². The minimum Gasteiger partial charge on any atom is -0.326 e. The minimum atomic E-state index is -0.186. The molecule has 0 unspecified atom stereocenters. The quantitative estimate of drug-likeness (QED) is 0.762. The molecule has 0 atom stereocenters. The molecule has 26 heavy (non-hydrogen) atoms. The number of aromatic nitrogens is 1. The Morgan fingerprint density at radius 1 is 1.00 bits per heavy atom. The van der Waals surface area contributed by atoms with Crippen molar-refractivity contribution in [3.63, 3.8) is 0 Å². The van der Waals surface area contributed by atoms with Gasteiger partial charge in [-0.3, -0.25) is 14.6 Å². The number of hydrogen-bond donors (Lipinski definition) is 2. The molecular weight excluding hydrogens is 326 g/mol. The van der Waals surface area contributed by atoms with E-state index in [1.165, 1.54) is 5.56 Å². The van der Waals surface area contributed by atoms with Crippen LogP contribution in [0.15, 0.2) is 67.0 Å².